The lowest BCUT2D eigenvalue weighted by Crippen LogP contribution is -2.21. The maximum Gasteiger partial charge on any atom is 0.154 e. The number of para-hydroxylation sites is 1. The average molecular weight is 321 g/mol. The van der Waals surface area contributed by atoms with Crippen molar-refractivity contribution in [3.05, 3.63) is 65.4 Å². The highest BCUT2D eigenvalue weighted by Gasteiger charge is 2.14. The number of fused-ring (bicyclic) bond motifs is 1. The van der Waals surface area contributed by atoms with Gasteiger partial charge in [0, 0.05) is 10.9 Å². The van der Waals surface area contributed by atoms with Crippen molar-refractivity contribution in [3.8, 4) is 0 Å². The molecule has 2 aromatic carbocycles. The van der Waals surface area contributed by atoms with Gasteiger partial charge in [0.2, 0.25) is 0 Å². The third kappa shape index (κ3) is 3.01. The summed E-state index contributed by atoms with van der Waals surface area (Å²) in [6, 6.07) is 14.1. The van der Waals surface area contributed by atoms with Crippen molar-refractivity contribution in [1.29, 1.82) is 0 Å². The lowest BCUT2D eigenvalue weighted by Gasteiger charge is -2.05. The Morgan fingerprint density at radius 3 is 2.54 bits per heavy atom. The molecule has 0 atom stereocenters. The predicted molar refractivity (Wildman–Crippen MR) is 92.2 cm³/mol. The predicted octanol–water partition coefficient (Wildman–Crippen LogP) is 3.19. The highest BCUT2D eigenvalue weighted by atomic mass is 16.4. The molecule has 0 aliphatic heterocycles. The summed E-state index contributed by atoms with van der Waals surface area (Å²) in [5.41, 5.74) is 6.44. The average Bonchev–Trinajstić information content (AvgIpc) is 2.98. The van der Waals surface area contributed by atoms with Crippen LogP contribution in [-0.2, 0) is 6.42 Å². The molecule has 0 fully saturated rings. The smallest absolute Gasteiger partial charge is 0.154 e. The van der Waals surface area contributed by atoms with E-state index in [0.29, 0.717) is 5.69 Å². The van der Waals surface area contributed by atoms with Gasteiger partial charge >= 0.3 is 0 Å². The minimum absolute atomic E-state index is 0.131. The molecule has 0 saturated carbocycles. The highest BCUT2D eigenvalue weighted by Crippen LogP contribution is 2.27. The van der Waals surface area contributed by atoms with Gasteiger partial charge in [0.05, 0.1) is 11.7 Å². The van der Waals surface area contributed by atoms with Gasteiger partial charge in [-0.15, -0.1) is 0 Å². The van der Waals surface area contributed by atoms with Crippen LogP contribution < -0.4 is 10.5 Å². The van der Waals surface area contributed by atoms with E-state index in [-0.39, 0.29) is 5.56 Å². The number of carboxylic acids is 1. The standard InChI is InChI=1S/C19H18N2O3/c1-3-15-16-6-4-5-7-17(16)24-18(15)12(2)20-21-14-10-8-13(9-11-14)19(22)23/h4-11,21H,3H2,1-2H3,(H,22,23)/p-1/b20-12-. The normalized spacial score (nSPS) is 11.7. The molecule has 0 radical (unpaired) electrons. The number of nitrogens with zero attached hydrogens (tertiary/aromatic N) is 1. The first-order valence-electron chi connectivity index (χ1n) is 7.72. The van der Waals surface area contributed by atoms with Crippen LogP contribution in [0, 0.1) is 0 Å². The molecule has 0 amide bonds. The monoisotopic (exact) mass is 321 g/mol. The van der Waals surface area contributed by atoms with Gasteiger partial charge in [-0.1, -0.05) is 37.3 Å². The molecular weight excluding hydrogens is 304 g/mol. The SMILES string of the molecule is CCc1c(/C(C)=N\Nc2ccc(C(=O)[O-])cc2)oc2ccccc12. The molecule has 3 aromatic rings. The van der Waals surface area contributed by atoms with Crippen molar-refractivity contribution in [2.75, 3.05) is 5.43 Å². The van der Waals surface area contributed by atoms with E-state index in [2.05, 4.69) is 17.5 Å². The van der Waals surface area contributed by atoms with E-state index in [0.717, 1.165) is 34.4 Å². The summed E-state index contributed by atoms with van der Waals surface area (Å²) in [6.45, 7) is 3.96. The van der Waals surface area contributed by atoms with Crippen LogP contribution in [0.4, 0.5) is 5.69 Å². The lowest BCUT2D eigenvalue weighted by molar-refractivity contribution is -0.255. The Labute approximate surface area is 139 Å². The number of carboxylic acid groups (broad SMARTS) is 1. The number of aromatic carboxylic acids is 1. The summed E-state index contributed by atoms with van der Waals surface area (Å²) < 4.78 is 5.93. The molecule has 1 N–H and O–H groups in total. The Bertz CT molecular complexity index is 908. The van der Waals surface area contributed by atoms with E-state index in [1.165, 1.54) is 12.1 Å². The van der Waals surface area contributed by atoms with Crippen LogP contribution in [0.25, 0.3) is 11.0 Å². The van der Waals surface area contributed by atoms with Gasteiger partial charge in [-0.05, 0) is 37.1 Å². The summed E-state index contributed by atoms with van der Waals surface area (Å²) in [7, 11) is 0. The third-order valence-electron chi connectivity index (χ3n) is 3.85. The van der Waals surface area contributed by atoms with Crippen LogP contribution in [0.5, 0.6) is 0 Å². The number of carbonyl (C=O) groups is 1. The van der Waals surface area contributed by atoms with Crippen LogP contribution >= 0.6 is 0 Å². The number of rotatable bonds is 5. The van der Waals surface area contributed by atoms with Gasteiger partial charge in [-0.3, -0.25) is 5.43 Å². The summed E-state index contributed by atoms with van der Waals surface area (Å²) in [4.78, 5) is 10.7. The second kappa shape index (κ2) is 6.58. The quantitative estimate of drug-likeness (QED) is 0.578. The molecule has 0 unspecified atom stereocenters. The third-order valence-corrected chi connectivity index (χ3v) is 3.85. The van der Waals surface area contributed by atoms with Gasteiger partial charge in [0.1, 0.15) is 11.3 Å². The summed E-state index contributed by atoms with van der Waals surface area (Å²) in [6.07, 6.45) is 0.847. The zero-order valence-electron chi connectivity index (χ0n) is 13.5. The molecule has 5 nitrogen and oxygen atoms in total. The Balaban J connectivity index is 1.87. The molecular formula is C19H17N2O3-. The summed E-state index contributed by atoms with van der Waals surface area (Å²) in [5, 5.41) is 16.2. The number of hydrogen-bond donors (Lipinski definition) is 1. The van der Waals surface area contributed by atoms with Crippen LogP contribution in [0.1, 0.15) is 35.5 Å². The Morgan fingerprint density at radius 1 is 1.17 bits per heavy atom. The van der Waals surface area contributed by atoms with Gasteiger partial charge in [0.25, 0.3) is 0 Å². The minimum atomic E-state index is -1.20. The Kier molecular flexibility index (Phi) is 4.33. The number of furan rings is 1. The fraction of sp³-hybridized carbons (Fsp3) is 0.158. The lowest BCUT2D eigenvalue weighted by atomic mass is 10.1. The minimum Gasteiger partial charge on any atom is -0.545 e. The molecule has 1 heterocycles. The van der Waals surface area contributed by atoms with E-state index in [1.54, 1.807) is 12.1 Å². The molecule has 0 spiro atoms. The van der Waals surface area contributed by atoms with Crippen LogP contribution in [0.3, 0.4) is 0 Å². The number of nitrogens with one attached hydrogen (secondary N) is 1. The first kappa shape index (κ1) is 15.8. The van der Waals surface area contributed by atoms with Gasteiger partial charge in [-0.2, -0.15) is 5.10 Å². The zero-order valence-corrected chi connectivity index (χ0v) is 13.5. The summed E-state index contributed by atoms with van der Waals surface area (Å²) >= 11 is 0. The highest BCUT2D eigenvalue weighted by molar-refractivity contribution is 6.02. The fourth-order valence-corrected chi connectivity index (χ4v) is 2.62. The van der Waals surface area contributed by atoms with Crippen molar-refractivity contribution < 1.29 is 14.3 Å². The number of hydrogen-bond acceptors (Lipinski definition) is 5. The number of hydrazone groups is 1. The van der Waals surface area contributed by atoms with E-state index >= 15 is 0 Å². The molecule has 0 aliphatic rings. The van der Waals surface area contributed by atoms with Crippen LogP contribution in [0.2, 0.25) is 0 Å². The van der Waals surface area contributed by atoms with E-state index in [9.17, 15) is 9.90 Å². The van der Waals surface area contributed by atoms with Gasteiger partial charge in [-0.25, -0.2) is 0 Å². The van der Waals surface area contributed by atoms with Crippen molar-refractivity contribution in [1.82, 2.24) is 0 Å². The topological polar surface area (TPSA) is 77.7 Å². The number of aryl methyl sites for hydroxylation is 1. The van der Waals surface area contributed by atoms with Crippen LogP contribution in [0.15, 0.2) is 58.0 Å². The van der Waals surface area contributed by atoms with Crippen LogP contribution in [-0.4, -0.2) is 11.7 Å². The van der Waals surface area contributed by atoms with Crippen molar-refractivity contribution in [2.24, 2.45) is 5.10 Å². The largest absolute Gasteiger partial charge is 0.545 e. The van der Waals surface area contributed by atoms with E-state index in [4.69, 9.17) is 4.42 Å². The number of benzene rings is 2. The van der Waals surface area contributed by atoms with E-state index in [1.807, 2.05) is 31.2 Å². The first-order chi connectivity index (χ1) is 11.6. The Hall–Kier alpha value is -3.08. The molecule has 1 aromatic heterocycles. The first-order valence-corrected chi connectivity index (χ1v) is 7.72. The van der Waals surface area contributed by atoms with Crippen molar-refractivity contribution in [3.63, 3.8) is 0 Å². The number of carbonyl (C=O) groups excluding carboxylic acids is 1. The molecule has 122 valence electrons. The molecule has 0 bridgehead atoms. The second-order valence-corrected chi connectivity index (χ2v) is 5.43. The van der Waals surface area contributed by atoms with E-state index < -0.39 is 5.97 Å². The maximum atomic E-state index is 10.7. The molecule has 0 saturated heterocycles. The van der Waals surface area contributed by atoms with Gasteiger partial charge in [0.15, 0.2) is 5.76 Å². The molecule has 3 rings (SSSR count). The molecule has 24 heavy (non-hydrogen) atoms. The molecule has 0 aliphatic carbocycles. The molecule has 5 heteroatoms. The van der Waals surface area contributed by atoms with Gasteiger partial charge < -0.3 is 14.3 Å². The zero-order chi connectivity index (χ0) is 17.1. The second-order valence-electron chi connectivity index (χ2n) is 5.43. The Morgan fingerprint density at radius 2 is 1.88 bits per heavy atom. The fourth-order valence-electron chi connectivity index (χ4n) is 2.62. The summed E-state index contributed by atoms with van der Waals surface area (Å²) in [5.74, 6) is -0.436. The number of anilines is 1. The van der Waals surface area contributed by atoms with Crippen molar-refractivity contribution >= 4 is 28.3 Å². The van der Waals surface area contributed by atoms with Crippen molar-refractivity contribution in [2.45, 2.75) is 20.3 Å². The maximum absolute atomic E-state index is 10.7.